The van der Waals surface area contributed by atoms with Gasteiger partial charge in [0.2, 0.25) is 0 Å². The Morgan fingerprint density at radius 3 is 2.03 bits per heavy atom. The lowest BCUT2D eigenvalue weighted by atomic mass is 9.93. The number of hydrogen-bond acceptors (Lipinski definition) is 4. The van der Waals surface area contributed by atoms with Crippen molar-refractivity contribution in [2.24, 2.45) is 4.99 Å². The Bertz CT molecular complexity index is 1390. The Kier molecular flexibility index (Phi) is 6.47. The summed E-state index contributed by atoms with van der Waals surface area (Å²) < 4.78 is 5.60. The van der Waals surface area contributed by atoms with Crippen LogP contribution in [0.15, 0.2) is 77.8 Å². The van der Waals surface area contributed by atoms with Crippen LogP contribution in [0.25, 0.3) is 0 Å². The van der Waals surface area contributed by atoms with Crippen LogP contribution < -0.4 is 15.1 Å². The number of ether oxygens (including phenoxy) is 1. The molecule has 186 valence electrons. The van der Waals surface area contributed by atoms with E-state index in [9.17, 15) is 14.9 Å². The Balaban J connectivity index is 1.57. The molecule has 0 aliphatic carbocycles. The molecule has 3 aromatic carbocycles. The van der Waals surface area contributed by atoms with Crippen molar-refractivity contribution in [2.45, 2.75) is 32.2 Å². The first-order valence-electron chi connectivity index (χ1n) is 12.3. The third kappa shape index (κ3) is 4.34. The number of carbonyl (C=O) groups excluding carboxylic acids is 2. The molecule has 0 radical (unpaired) electrons. The molecule has 8 heteroatoms. The number of aryl methyl sites for hydroxylation is 2. The monoisotopic (exact) mass is 493 g/mol. The van der Waals surface area contributed by atoms with Crippen molar-refractivity contribution in [2.75, 3.05) is 28.3 Å². The van der Waals surface area contributed by atoms with Crippen LogP contribution in [-0.4, -0.2) is 36.7 Å². The number of nitriles is 1. The summed E-state index contributed by atoms with van der Waals surface area (Å²) in [5, 5.41) is 12.0. The quantitative estimate of drug-likeness (QED) is 0.505. The molecular formula is C29H27N5O3. The third-order valence-corrected chi connectivity index (χ3v) is 6.80. The number of benzene rings is 3. The molecule has 8 nitrogen and oxygen atoms in total. The summed E-state index contributed by atoms with van der Waals surface area (Å²) in [4.78, 5) is 34.6. The van der Waals surface area contributed by atoms with Gasteiger partial charge >= 0.3 is 12.1 Å². The SMILES string of the molecule is CCc1ccc(NC(=O)/N=C2\N(c3ccc(CC)cc3)C(=O)N(c3ccc(C#N)cc3)C23COC3)cc1. The van der Waals surface area contributed by atoms with E-state index in [2.05, 4.69) is 30.2 Å². The number of anilines is 3. The number of aliphatic imine (C=N–C) groups is 1. The number of nitrogens with one attached hydrogen (secondary N) is 1. The maximum atomic E-state index is 14.0. The van der Waals surface area contributed by atoms with Gasteiger partial charge in [0.25, 0.3) is 0 Å². The largest absolute Gasteiger partial charge is 0.375 e. The van der Waals surface area contributed by atoms with Crippen LogP contribution in [0.3, 0.4) is 0 Å². The number of carbonyl (C=O) groups is 2. The van der Waals surface area contributed by atoms with Crippen molar-refractivity contribution in [1.29, 1.82) is 5.26 Å². The molecule has 37 heavy (non-hydrogen) atoms. The van der Waals surface area contributed by atoms with Gasteiger partial charge in [0.15, 0.2) is 11.4 Å². The molecule has 0 bridgehead atoms. The zero-order valence-corrected chi connectivity index (χ0v) is 20.8. The minimum Gasteiger partial charge on any atom is -0.375 e. The number of rotatable bonds is 5. The van der Waals surface area contributed by atoms with Gasteiger partial charge in [-0.15, -0.1) is 0 Å². The van der Waals surface area contributed by atoms with E-state index in [-0.39, 0.29) is 19.2 Å². The van der Waals surface area contributed by atoms with Gasteiger partial charge in [-0.2, -0.15) is 10.3 Å². The van der Waals surface area contributed by atoms with E-state index < -0.39 is 11.6 Å². The zero-order valence-electron chi connectivity index (χ0n) is 20.8. The summed E-state index contributed by atoms with van der Waals surface area (Å²) in [7, 11) is 0. The molecule has 2 heterocycles. The average molecular weight is 494 g/mol. The van der Waals surface area contributed by atoms with Gasteiger partial charge in [-0.3, -0.25) is 4.90 Å². The second-order valence-corrected chi connectivity index (χ2v) is 9.07. The minimum absolute atomic E-state index is 0.194. The molecule has 0 saturated carbocycles. The predicted molar refractivity (Wildman–Crippen MR) is 143 cm³/mol. The van der Waals surface area contributed by atoms with E-state index in [0.29, 0.717) is 28.5 Å². The minimum atomic E-state index is -0.946. The molecule has 0 atom stereocenters. The van der Waals surface area contributed by atoms with Crippen LogP contribution >= 0.6 is 0 Å². The lowest BCUT2D eigenvalue weighted by Crippen LogP contribution is -2.64. The fraction of sp³-hybridized carbons (Fsp3) is 0.241. The van der Waals surface area contributed by atoms with E-state index in [1.165, 1.54) is 4.90 Å². The molecular weight excluding hydrogens is 466 g/mol. The van der Waals surface area contributed by atoms with Crippen LogP contribution in [0, 0.1) is 11.3 Å². The molecule has 1 spiro atoms. The van der Waals surface area contributed by atoms with Crippen LogP contribution in [0.4, 0.5) is 26.7 Å². The Hall–Kier alpha value is -4.48. The molecule has 2 fully saturated rings. The molecule has 0 unspecified atom stereocenters. The Labute approximate surface area is 215 Å². The number of amidine groups is 1. The van der Waals surface area contributed by atoms with E-state index in [4.69, 9.17) is 4.74 Å². The Morgan fingerprint density at radius 1 is 0.946 bits per heavy atom. The lowest BCUT2D eigenvalue weighted by Gasteiger charge is -2.43. The van der Waals surface area contributed by atoms with Crippen molar-refractivity contribution < 1.29 is 14.3 Å². The van der Waals surface area contributed by atoms with Crippen LogP contribution in [-0.2, 0) is 17.6 Å². The highest BCUT2D eigenvalue weighted by molar-refractivity contribution is 6.34. The molecule has 2 aliphatic rings. The first-order chi connectivity index (χ1) is 18.0. The van der Waals surface area contributed by atoms with Crippen molar-refractivity contribution in [3.8, 4) is 6.07 Å². The highest BCUT2D eigenvalue weighted by Gasteiger charge is 2.61. The van der Waals surface area contributed by atoms with Crippen molar-refractivity contribution >= 4 is 35.0 Å². The molecule has 1 N–H and O–H groups in total. The van der Waals surface area contributed by atoms with Crippen LogP contribution in [0.1, 0.15) is 30.5 Å². The van der Waals surface area contributed by atoms with Gasteiger partial charge < -0.3 is 10.1 Å². The molecule has 5 rings (SSSR count). The van der Waals surface area contributed by atoms with Crippen molar-refractivity contribution in [1.82, 2.24) is 0 Å². The normalized spacial score (nSPS) is 17.1. The fourth-order valence-electron chi connectivity index (χ4n) is 4.62. The molecule has 4 amide bonds. The molecule has 0 aromatic heterocycles. The number of urea groups is 2. The topological polar surface area (TPSA) is 98.0 Å². The van der Waals surface area contributed by atoms with Crippen molar-refractivity contribution in [3.63, 3.8) is 0 Å². The first kappa shape index (κ1) is 24.2. The summed E-state index contributed by atoms with van der Waals surface area (Å²) in [5.74, 6) is 0.306. The molecule has 2 aliphatic heterocycles. The maximum absolute atomic E-state index is 14.0. The summed E-state index contributed by atoms with van der Waals surface area (Å²) in [6, 6.07) is 23.2. The highest BCUT2D eigenvalue weighted by atomic mass is 16.5. The Morgan fingerprint density at radius 2 is 1.51 bits per heavy atom. The van der Waals surface area contributed by atoms with Crippen molar-refractivity contribution in [3.05, 3.63) is 89.5 Å². The average Bonchev–Trinajstić information content (AvgIpc) is 3.17. The fourth-order valence-corrected chi connectivity index (χ4v) is 4.62. The highest BCUT2D eigenvalue weighted by Crippen LogP contribution is 2.41. The second kappa shape index (κ2) is 9.88. The van der Waals surface area contributed by atoms with E-state index in [1.54, 1.807) is 29.2 Å². The summed E-state index contributed by atoms with van der Waals surface area (Å²) in [6.07, 6.45) is 1.77. The van der Waals surface area contributed by atoms with Gasteiger partial charge in [0.05, 0.1) is 30.5 Å². The maximum Gasteiger partial charge on any atom is 0.347 e. The molecule has 3 aromatic rings. The number of nitrogens with zero attached hydrogens (tertiary/aromatic N) is 4. The number of amides is 4. The van der Waals surface area contributed by atoms with Gasteiger partial charge in [-0.25, -0.2) is 14.5 Å². The summed E-state index contributed by atoms with van der Waals surface area (Å²) in [5.41, 5.74) is 3.68. The third-order valence-electron chi connectivity index (χ3n) is 6.80. The number of hydrogen-bond donors (Lipinski definition) is 1. The standard InChI is InChI=1S/C29H27N5O3/c1-3-20-5-11-23(12-6-20)31-27(35)32-26-29(18-37-19-29)34(25-15-9-22(17-30)10-16-25)28(36)33(26)24-13-7-21(4-2)8-14-24/h5-16H,3-4,18-19H2,1-2H3,(H,31,35)/b32-26-. The second-order valence-electron chi connectivity index (χ2n) is 9.07. The molecule has 2 saturated heterocycles. The van der Waals surface area contributed by atoms with Gasteiger partial charge in [-0.1, -0.05) is 38.1 Å². The van der Waals surface area contributed by atoms with Crippen LogP contribution in [0.2, 0.25) is 0 Å². The lowest BCUT2D eigenvalue weighted by molar-refractivity contribution is -0.0152. The van der Waals surface area contributed by atoms with Gasteiger partial charge in [0.1, 0.15) is 0 Å². The van der Waals surface area contributed by atoms with Gasteiger partial charge in [-0.05, 0) is 72.5 Å². The summed E-state index contributed by atoms with van der Waals surface area (Å²) in [6.45, 7) is 4.52. The smallest absolute Gasteiger partial charge is 0.347 e. The van der Waals surface area contributed by atoms with Crippen LogP contribution in [0.5, 0.6) is 0 Å². The van der Waals surface area contributed by atoms with E-state index >= 15 is 0 Å². The predicted octanol–water partition coefficient (Wildman–Crippen LogP) is 5.53. The summed E-state index contributed by atoms with van der Waals surface area (Å²) >= 11 is 0. The van der Waals surface area contributed by atoms with E-state index in [1.807, 2.05) is 48.5 Å². The van der Waals surface area contributed by atoms with E-state index in [0.717, 1.165) is 24.0 Å². The first-order valence-corrected chi connectivity index (χ1v) is 12.3. The zero-order chi connectivity index (χ0) is 26.0. The van der Waals surface area contributed by atoms with Gasteiger partial charge in [0, 0.05) is 11.4 Å².